The smallest absolute Gasteiger partial charge is 0.218 e. The second-order valence-electron chi connectivity index (χ2n) is 5.63. The molecule has 2 rings (SSSR count). The number of hydrogen-bond acceptors (Lipinski definition) is 12. The Morgan fingerprint density at radius 1 is 0.792 bits per heavy atom. The van der Waals surface area contributed by atoms with E-state index in [1.165, 1.54) is 0 Å². The fraction of sp³-hybridized carbons (Fsp3) is 1.00. The Bertz CT molecular complexity index is 422. The highest BCUT2D eigenvalue weighted by molar-refractivity contribution is 4.94. The third-order valence-corrected chi connectivity index (χ3v) is 4.08. The molecule has 7 N–H and O–H groups in total. The molecule has 0 aromatic rings. The van der Waals surface area contributed by atoms with Gasteiger partial charge in [-0.25, -0.2) is 0 Å². The van der Waals surface area contributed by atoms with Crippen molar-refractivity contribution in [1.82, 2.24) is 0 Å². The Kier molecular flexibility index (Phi) is 6.55. The molecule has 0 saturated carbocycles. The van der Waals surface area contributed by atoms with Crippen LogP contribution in [-0.4, -0.2) is 110 Å². The molecule has 0 radical (unpaired) electrons. The highest BCUT2D eigenvalue weighted by atomic mass is 16.7. The van der Waals surface area contributed by atoms with Crippen molar-refractivity contribution >= 4 is 0 Å². The molecule has 10 atom stereocenters. The van der Waals surface area contributed by atoms with Crippen molar-refractivity contribution in [2.24, 2.45) is 5.18 Å². The van der Waals surface area contributed by atoms with Gasteiger partial charge in [0.2, 0.25) is 6.23 Å². The van der Waals surface area contributed by atoms with Crippen molar-refractivity contribution in [1.29, 1.82) is 0 Å². The van der Waals surface area contributed by atoms with Crippen LogP contribution in [0.1, 0.15) is 0 Å². The van der Waals surface area contributed by atoms with Gasteiger partial charge >= 0.3 is 0 Å². The van der Waals surface area contributed by atoms with E-state index in [0.29, 0.717) is 0 Å². The highest BCUT2D eigenvalue weighted by Crippen LogP contribution is 2.29. The average molecular weight is 355 g/mol. The molecule has 10 unspecified atom stereocenters. The minimum atomic E-state index is -1.75. The summed E-state index contributed by atoms with van der Waals surface area (Å²) in [4.78, 5) is 10.6. The topological polar surface area (TPSA) is 199 Å². The van der Waals surface area contributed by atoms with E-state index in [1.54, 1.807) is 0 Å². The molecular weight excluding hydrogens is 334 g/mol. The largest absolute Gasteiger partial charge is 0.394 e. The van der Waals surface area contributed by atoms with Gasteiger partial charge in [0.15, 0.2) is 6.29 Å². The molecule has 2 heterocycles. The third kappa shape index (κ3) is 3.57. The van der Waals surface area contributed by atoms with Crippen LogP contribution in [0.2, 0.25) is 0 Å². The molecule has 140 valence electrons. The SMILES string of the molecule is O=NC1OC(CO)C(OC2OC(CO)C(O)C(O)C2O)C(O)C1O. The molecule has 2 aliphatic rings. The summed E-state index contributed by atoms with van der Waals surface area (Å²) in [6.45, 7) is -1.39. The second-order valence-corrected chi connectivity index (χ2v) is 5.63. The Morgan fingerprint density at radius 2 is 1.42 bits per heavy atom. The highest BCUT2D eigenvalue weighted by Gasteiger charge is 2.50. The predicted molar refractivity (Wildman–Crippen MR) is 72.2 cm³/mol. The van der Waals surface area contributed by atoms with Crippen LogP contribution < -0.4 is 0 Å². The first-order chi connectivity index (χ1) is 11.3. The maximum atomic E-state index is 10.6. The van der Waals surface area contributed by atoms with Crippen LogP contribution in [0.25, 0.3) is 0 Å². The van der Waals surface area contributed by atoms with Gasteiger partial charge in [0.1, 0.15) is 48.8 Å². The zero-order valence-corrected chi connectivity index (χ0v) is 12.4. The van der Waals surface area contributed by atoms with E-state index in [4.69, 9.17) is 19.3 Å². The minimum Gasteiger partial charge on any atom is -0.394 e. The molecule has 12 nitrogen and oxygen atoms in total. The van der Waals surface area contributed by atoms with Gasteiger partial charge in [0.05, 0.1) is 13.2 Å². The molecule has 0 spiro atoms. The van der Waals surface area contributed by atoms with E-state index in [2.05, 4.69) is 5.18 Å². The maximum Gasteiger partial charge on any atom is 0.218 e. The molecule has 0 amide bonds. The van der Waals surface area contributed by atoms with Gasteiger partial charge < -0.3 is 50.0 Å². The first-order valence-corrected chi connectivity index (χ1v) is 7.26. The third-order valence-electron chi connectivity index (χ3n) is 4.08. The molecule has 0 aliphatic carbocycles. The zero-order valence-electron chi connectivity index (χ0n) is 12.4. The summed E-state index contributed by atoms with van der Waals surface area (Å²) in [5.74, 6) is 0. The lowest BCUT2D eigenvalue weighted by Gasteiger charge is -2.44. The zero-order chi connectivity index (χ0) is 18.0. The number of ether oxygens (including phenoxy) is 3. The summed E-state index contributed by atoms with van der Waals surface area (Å²) in [5, 5.41) is 70.0. The number of hydrogen-bond donors (Lipinski definition) is 7. The molecule has 0 aromatic heterocycles. The monoisotopic (exact) mass is 355 g/mol. The number of aliphatic hydroxyl groups excluding tert-OH is 7. The molecule has 0 aromatic carbocycles. The fourth-order valence-corrected chi connectivity index (χ4v) is 2.66. The van der Waals surface area contributed by atoms with E-state index >= 15 is 0 Å². The average Bonchev–Trinajstić information content (AvgIpc) is 2.59. The lowest BCUT2D eigenvalue weighted by Crippen LogP contribution is -2.64. The Balaban J connectivity index is 2.13. The summed E-state index contributed by atoms with van der Waals surface area (Å²) in [7, 11) is 0. The summed E-state index contributed by atoms with van der Waals surface area (Å²) in [6.07, 6.45) is -15.7. The van der Waals surface area contributed by atoms with E-state index in [-0.39, 0.29) is 0 Å². The summed E-state index contributed by atoms with van der Waals surface area (Å²) in [5.41, 5.74) is 0. The molecule has 2 saturated heterocycles. The summed E-state index contributed by atoms with van der Waals surface area (Å²) < 4.78 is 15.4. The van der Waals surface area contributed by atoms with Crippen molar-refractivity contribution < 1.29 is 50.0 Å². The molecule has 12 heteroatoms. The summed E-state index contributed by atoms with van der Waals surface area (Å²) in [6, 6.07) is 0. The van der Waals surface area contributed by atoms with Crippen molar-refractivity contribution in [3.8, 4) is 0 Å². The Morgan fingerprint density at radius 3 is 1.96 bits per heavy atom. The van der Waals surface area contributed by atoms with Crippen LogP contribution in [0, 0.1) is 4.91 Å². The molecule has 2 aliphatic heterocycles. The Hall–Kier alpha value is -0.800. The lowest BCUT2D eigenvalue weighted by molar-refractivity contribution is -0.341. The molecule has 24 heavy (non-hydrogen) atoms. The Labute approximate surface area is 135 Å². The number of nitrogens with zero attached hydrogens (tertiary/aromatic N) is 1. The van der Waals surface area contributed by atoms with E-state index in [0.717, 1.165) is 0 Å². The number of nitroso groups, excluding NO2 is 1. The van der Waals surface area contributed by atoms with Crippen LogP contribution in [-0.2, 0) is 14.2 Å². The van der Waals surface area contributed by atoms with Crippen LogP contribution in [0.15, 0.2) is 5.18 Å². The van der Waals surface area contributed by atoms with Crippen LogP contribution in [0.3, 0.4) is 0 Å². The van der Waals surface area contributed by atoms with Crippen LogP contribution >= 0.6 is 0 Å². The molecule has 0 bridgehead atoms. The van der Waals surface area contributed by atoms with Gasteiger partial charge in [-0.2, -0.15) is 0 Å². The maximum absolute atomic E-state index is 10.6. The van der Waals surface area contributed by atoms with E-state index in [9.17, 15) is 35.5 Å². The standard InChI is InChI=1S/C12H21NO11/c14-1-3-5(16)6(17)9(20)12(23-3)24-10-4(2-15)22-11(13-21)8(19)7(10)18/h3-12,14-20H,1-2H2. The van der Waals surface area contributed by atoms with Crippen LogP contribution in [0.4, 0.5) is 0 Å². The first kappa shape index (κ1) is 19.5. The van der Waals surface area contributed by atoms with Gasteiger partial charge in [0, 0.05) is 0 Å². The van der Waals surface area contributed by atoms with Crippen LogP contribution in [0.5, 0.6) is 0 Å². The minimum absolute atomic E-state index is 0.683. The van der Waals surface area contributed by atoms with E-state index in [1.807, 2.05) is 0 Å². The normalized spacial score (nSPS) is 49.8. The van der Waals surface area contributed by atoms with Gasteiger partial charge in [0.25, 0.3) is 0 Å². The lowest BCUT2D eigenvalue weighted by atomic mass is 9.96. The van der Waals surface area contributed by atoms with Crippen molar-refractivity contribution in [3.63, 3.8) is 0 Å². The summed E-state index contributed by atoms with van der Waals surface area (Å²) >= 11 is 0. The van der Waals surface area contributed by atoms with Gasteiger partial charge in [-0.1, -0.05) is 0 Å². The second kappa shape index (κ2) is 8.05. The van der Waals surface area contributed by atoms with Gasteiger partial charge in [-0.3, -0.25) is 0 Å². The number of rotatable bonds is 5. The molecule has 2 fully saturated rings. The van der Waals surface area contributed by atoms with E-state index < -0.39 is 74.6 Å². The van der Waals surface area contributed by atoms with Gasteiger partial charge in [-0.15, -0.1) is 4.91 Å². The predicted octanol–water partition coefficient (Wildman–Crippen LogP) is -4.62. The van der Waals surface area contributed by atoms with Crippen molar-refractivity contribution in [2.75, 3.05) is 13.2 Å². The van der Waals surface area contributed by atoms with Crippen molar-refractivity contribution in [2.45, 2.75) is 61.3 Å². The quantitative estimate of drug-likeness (QED) is 0.234. The van der Waals surface area contributed by atoms with Gasteiger partial charge in [-0.05, 0) is 5.18 Å². The molecular formula is C12H21NO11. The first-order valence-electron chi connectivity index (χ1n) is 7.26. The fourth-order valence-electron chi connectivity index (χ4n) is 2.66. The van der Waals surface area contributed by atoms with Crippen molar-refractivity contribution in [3.05, 3.63) is 4.91 Å². The number of aliphatic hydroxyl groups is 7.